The minimum Gasteiger partial charge on any atom is -0.493 e. The summed E-state index contributed by atoms with van der Waals surface area (Å²) in [5.74, 6) is 1.07. The zero-order chi connectivity index (χ0) is 17.3. The lowest BCUT2D eigenvalue weighted by atomic mass is 10.0. The Balaban J connectivity index is 1.24. The average molecular weight is 348 g/mol. The molecule has 2 aromatic carbocycles. The Bertz CT molecular complexity index is 919. The van der Waals surface area contributed by atoms with Crippen molar-refractivity contribution in [3.8, 4) is 5.75 Å². The van der Waals surface area contributed by atoms with Crippen molar-refractivity contribution in [1.82, 2.24) is 15.1 Å². The molecule has 1 fully saturated rings. The fraction of sp³-hybridized carbons (Fsp3) is 0.381. The second-order valence-electron chi connectivity index (χ2n) is 7.43. The first-order valence-corrected chi connectivity index (χ1v) is 9.50. The third-order valence-corrected chi connectivity index (χ3v) is 5.48. The van der Waals surface area contributed by atoms with Gasteiger partial charge in [-0.3, -0.25) is 10.00 Å². The third kappa shape index (κ3) is 3.15. The van der Waals surface area contributed by atoms with Crippen molar-refractivity contribution in [3.63, 3.8) is 0 Å². The molecule has 1 aromatic heterocycles. The maximum absolute atomic E-state index is 5.62. The molecular weight excluding hydrogens is 324 g/mol. The number of nitrogens with zero attached hydrogens (tertiary/aromatic N) is 2. The molecule has 5 nitrogen and oxygen atoms in total. The van der Waals surface area contributed by atoms with E-state index in [2.05, 4.69) is 56.8 Å². The van der Waals surface area contributed by atoms with Gasteiger partial charge in [0.05, 0.1) is 18.3 Å². The highest BCUT2D eigenvalue weighted by Gasteiger charge is 2.21. The fourth-order valence-corrected chi connectivity index (χ4v) is 4.18. The van der Waals surface area contributed by atoms with E-state index in [1.807, 2.05) is 6.20 Å². The predicted molar refractivity (Wildman–Crippen MR) is 104 cm³/mol. The molecule has 5 heteroatoms. The highest BCUT2D eigenvalue weighted by atomic mass is 16.5. The van der Waals surface area contributed by atoms with Crippen LogP contribution in [-0.2, 0) is 13.0 Å². The highest BCUT2D eigenvalue weighted by molar-refractivity contribution is 5.81. The summed E-state index contributed by atoms with van der Waals surface area (Å²) in [6, 6.07) is 13.6. The molecule has 0 bridgehead atoms. The van der Waals surface area contributed by atoms with Crippen molar-refractivity contribution >= 4 is 16.6 Å². The predicted octanol–water partition coefficient (Wildman–Crippen LogP) is 3.57. The van der Waals surface area contributed by atoms with E-state index in [0.29, 0.717) is 6.04 Å². The summed E-state index contributed by atoms with van der Waals surface area (Å²) in [5.41, 5.74) is 5.03. The third-order valence-electron chi connectivity index (χ3n) is 5.48. The number of hydrogen-bond acceptors (Lipinski definition) is 4. The molecule has 2 aliphatic rings. The van der Waals surface area contributed by atoms with Gasteiger partial charge in [-0.1, -0.05) is 12.1 Å². The Hall–Kier alpha value is -2.53. The number of hydrogen-bond donors (Lipinski definition) is 2. The molecular formula is C21H24N4O. The number of fused-ring (bicyclic) bond motifs is 2. The van der Waals surface area contributed by atoms with Gasteiger partial charge in [0, 0.05) is 36.6 Å². The fourth-order valence-electron chi connectivity index (χ4n) is 4.18. The van der Waals surface area contributed by atoms with Crippen LogP contribution in [0.1, 0.15) is 24.0 Å². The summed E-state index contributed by atoms with van der Waals surface area (Å²) in [7, 11) is 0. The Kier molecular flexibility index (Phi) is 4.02. The molecule has 134 valence electrons. The van der Waals surface area contributed by atoms with Gasteiger partial charge in [0.1, 0.15) is 5.75 Å². The van der Waals surface area contributed by atoms with Gasteiger partial charge in [0.25, 0.3) is 0 Å². The number of likely N-dealkylation sites (tertiary alicyclic amines) is 1. The normalized spacial score (nSPS) is 20.1. The first-order valence-electron chi connectivity index (χ1n) is 9.50. The molecule has 1 unspecified atom stereocenters. The van der Waals surface area contributed by atoms with Crippen LogP contribution < -0.4 is 10.1 Å². The topological polar surface area (TPSA) is 53.2 Å². The number of piperidine rings is 1. The molecule has 1 saturated heterocycles. The van der Waals surface area contributed by atoms with Crippen LogP contribution in [-0.4, -0.2) is 40.8 Å². The lowest BCUT2D eigenvalue weighted by Crippen LogP contribution is -2.41. The van der Waals surface area contributed by atoms with E-state index in [1.165, 1.54) is 36.2 Å². The van der Waals surface area contributed by atoms with Crippen LogP contribution in [0.3, 0.4) is 0 Å². The molecule has 3 aromatic rings. The summed E-state index contributed by atoms with van der Waals surface area (Å²) in [6.45, 7) is 4.10. The number of aromatic nitrogens is 2. The van der Waals surface area contributed by atoms with Gasteiger partial charge in [0.15, 0.2) is 0 Å². The van der Waals surface area contributed by atoms with Gasteiger partial charge in [-0.15, -0.1) is 0 Å². The van der Waals surface area contributed by atoms with E-state index < -0.39 is 0 Å². The highest BCUT2D eigenvalue weighted by Crippen LogP contribution is 2.27. The van der Waals surface area contributed by atoms with Crippen molar-refractivity contribution < 1.29 is 4.74 Å². The first kappa shape index (κ1) is 15.7. The summed E-state index contributed by atoms with van der Waals surface area (Å²) in [4.78, 5) is 2.56. The van der Waals surface area contributed by atoms with E-state index in [9.17, 15) is 0 Å². The van der Waals surface area contributed by atoms with Crippen molar-refractivity contribution in [1.29, 1.82) is 0 Å². The van der Waals surface area contributed by atoms with Gasteiger partial charge in [0.2, 0.25) is 0 Å². The van der Waals surface area contributed by atoms with Crippen LogP contribution in [0.5, 0.6) is 5.75 Å². The lowest BCUT2D eigenvalue weighted by Gasteiger charge is -2.33. The number of nitrogens with one attached hydrogen (secondary N) is 2. The smallest absolute Gasteiger partial charge is 0.122 e. The maximum Gasteiger partial charge on any atom is 0.122 e. The van der Waals surface area contributed by atoms with Crippen LogP contribution in [0.15, 0.2) is 42.6 Å². The van der Waals surface area contributed by atoms with Crippen molar-refractivity contribution in [3.05, 3.63) is 53.7 Å². The van der Waals surface area contributed by atoms with Gasteiger partial charge in [-0.2, -0.15) is 5.10 Å². The minimum atomic E-state index is 0.492. The van der Waals surface area contributed by atoms with Crippen LogP contribution in [0.2, 0.25) is 0 Å². The van der Waals surface area contributed by atoms with Gasteiger partial charge in [-0.25, -0.2) is 0 Å². The Morgan fingerprint density at radius 3 is 3.23 bits per heavy atom. The lowest BCUT2D eigenvalue weighted by molar-refractivity contribution is 0.208. The summed E-state index contributed by atoms with van der Waals surface area (Å²) in [6.07, 6.45) is 5.38. The van der Waals surface area contributed by atoms with Crippen LogP contribution >= 0.6 is 0 Å². The standard InChI is InChI=1S/C21H24N4O/c1-2-19(23-18-4-5-20-17(11-18)12-22-24-20)14-25(8-1)13-15-3-6-21-16(10-15)7-9-26-21/h3-6,10-12,19,23H,1-2,7-9,13-14H2,(H,22,24). The first-order chi connectivity index (χ1) is 12.8. The largest absolute Gasteiger partial charge is 0.493 e. The maximum atomic E-state index is 5.62. The van der Waals surface area contributed by atoms with Crippen LogP contribution in [0, 0.1) is 0 Å². The molecule has 2 N–H and O–H groups in total. The van der Waals surface area contributed by atoms with E-state index in [4.69, 9.17) is 4.74 Å². The molecule has 5 rings (SSSR count). The number of aromatic amines is 1. The molecule has 0 saturated carbocycles. The number of ether oxygens (including phenoxy) is 1. The number of H-pyrrole nitrogens is 1. The SMILES string of the molecule is c1cc2c(cc1CN1CCCC(Nc3ccc4[nH]ncc4c3)C1)CCO2. The van der Waals surface area contributed by atoms with E-state index in [0.717, 1.165) is 42.8 Å². The van der Waals surface area contributed by atoms with Crippen molar-refractivity contribution in [2.24, 2.45) is 0 Å². The van der Waals surface area contributed by atoms with Gasteiger partial charge >= 0.3 is 0 Å². The molecule has 2 aliphatic heterocycles. The average Bonchev–Trinajstić information content (AvgIpc) is 3.30. The number of benzene rings is 2. The van der Waals surface area contributed by atoms with Gasteiger partial charge in [-0.05, 0) is 54.8 Å². The van der Waals surface area contributed by atoms with Gasteiger partial charge < -0.3 is 10.1 Å². The molecule has 0 spiro atoms. The summed E-state index contributed by atoms with van der Waals surface area (Å²) >= 11 is 0. The molecule has 0 aliphatic carbocycles. The Morgan fingerprint density at radius 1 is 1.23 bits per heavy atom. The van der Waals surface area contributed by atoms with E-state index in [-0.39, 0.29) is 0 Å². The Morgan fingerprint density at radius 2 is 2.23 bits per heavy atom. The molecule has 26 heavy (non-hydrogen) atoms. The van der Waals surface area contributed by atoms with Crippen LogP contribution in [0.25, 0.3) is 10.9 Å². The number of anilines is 1. The monoisotopic (exact) mass is 348 g/mol. The zero-order valence-corrected chi connectivity index (χ0v) is 14.9. The quantitative estimate of drug-likeness (QED) is 0.757. The van der Waals surface area contributed by atoms with Crippen molar-refractivity contribution in [2.75, 3.05) is 25.0 Å². The number of rotatable bonds is 4. The van der Waals surface area contributed by atoms with E-state index in [1.54, 1.807) is 0 Å². The molecule has 3 heterocycles. The minimum absolute atomic E-state index is 0.492. The zero-order valence-electron chi connectivity index (χ0n) is 14.9. The van der Waals surface area contributed by atoms with Crippen molar-refractivity contribution in [2.45, 2.75) is 31.8 Å². The molecule has 1 atom stereocenters. The summed E-state index contributed by atoms with van der Waals surface area (Å²) < 4.78 is 5.62. The molecule has 0 radical (unpaired) electrons. The summed E-state index contributed by atoms with van der Waals surface area (Å²) in [5, 5.41) is 12.0. The van der Waals surface area contributed by atoms with E-state index >= 15 is 0 Å². The van der Waals surface area contributed by atoms with Crippen LogP contribution in [0.4, 0.5) is 5.69 Å². The second kappa shape index (κ2) is 6.65. The second-order valence-corrected chi connectivity index (χ2v) is 7.43. The molecule has 0 amide bonds. The Labute approximate surface area is 153 Å².